The van der Waals surface area contributed by atoms with Gasteiger partial charge in [0.05, 0.1) is 0 Å². The molecule has 0 amide bonds. The van der Waals surface area contributed by atoms with Crippen LogP contribution in [-0.2, 0) is 0 Å². The number of rotatable bonds is 2. The van der Waals surface area contributed by atoms with E-state index in [4.69, 9.17) is 5.73 Å². The van der Waals surface area contributed by atoms with Gasteiger partial charge in [0.1, 0.15) is 0 Å². The summed E-state index contributed by atoms with van der Waals surface area (Å²) in [5.74, 6) is 0.231. The number of hydrogen-bond acceptors (Lipinski definition) is 2. The third-order valence-corrected chi connectivity index (χ3v) is 1.77. The van der Waals surface area contributed by atoms with Crippen molar-refractivity contribution < 1.29 is 0 Å². The van der Waals surface area contributed by atoms with Crippen LogP contribution in [0.1, 0.15) is 34.1 Å². The van der Waals surface area contributed by atoms with Crippen LogP contribution in [0.25, 0.3) is 0 Å². The van der Waals surface area contributed by atoms with Crippen molar-refractivity contribution in [3.05, 3.63) is 36.5 Å². The van der Waals surface area contributed by atoms with Gasteiger partial charge in [0.2, 0.25) is 5.96 Å². The number of guanidine groups is 1. The molecule has 116 valence electrons. The van der Waals surface area contributed by atoms with Crippen molar-refractivity contribution in [2.24, 2.45) is 15.7 Å². The topological polar surface area (TPSA) is 62.8 Å². The first-order chi connectivity index (χ1) is 9.72. The van der Waals surface area contributed by atoms with Crippen LogP contribution in [-0.4, -0.2) is 32.8 Å². The maximum Gasteiger partial charge on any atom is 0.214 e. The zero-order valence-electron chi connectivity index (χ0n) is 13.8. The lowest BCUT2D eigenvalue weighted by molar-refractivity contribution is 0.762. The Morgan fingerprint density at radius 2 is 1.55 bits per heavy atom. The molecule has 0 saturated carbocycles. The van der Waals surface area contributed by atoms with E-state index in [2.05, 4.69) is 60.2 Å². The van der Waals surface area contributed by atoms with Gasteiger partial charge in [-0.3, -0.25) is 4.99 Å². The Hall–Kier alpha value is -1.68. The van der Waals surface area contributed by atoms with E-state index in [9.17, 15) is 0 Å². The minimum atomic E-state index is 0.231. The first kappa shape index (κ1) is 23.4. The Morgan fingerprint density at radius 1 is 1.10 bits per heavy atom. The summed E-state index contributed by atoms with van der Waals surface area (Å²) in [6.45, 7) is 13.5. The summed E-state index contributed by atoms with van der Waals surface area (Å²) in [5, 5.41) is 3.11. The highest BCUT2D eigenvalue weighted by atomic mass is 15.0. The number of nitrogens with two attached hydrogens (primary N) is 1. The van der Waals surface area contributed by atoms with E-state index in [0.717, 1.165) is 19.5 Å². The van der Waals surface area contributed by atoms with Gasteiger partial charge in [-0.15, -0.1) is 0 Å². The predicted octanol–water partition coefficient (Wildman–Crippen LogP) is 3.33. The molecule has 3 N–H and O–H groups in total. The molecule has 0 aliphatic heterocycles. The monoisotopic (exact) mass is 280 g/mol. The number of hydrogen-bond donors (Lipinski definition) is 2. The standard InChI is InChI=1S/C7H8.C4H11N.C3H7N3.C2H6/c1-2-4-6-7-5-3-1;1-3-5-4-2;1-5-3(4)6-2;1-2/h1-6H,7H2;5H,3-4H2,1-2H3;1H2,2H3,(H2,4,6);1-2H3. The van der Waals surface area contributed by atoms with Crippen molar-refractivity contribution in [2.45, 2.75) is 34.1 Å². The minimum absolute atomic E-state index is 0.231. The highest BCUT2D eigenvalue weighted by Gasteiger charge is 1.71. The number of allylic oxidation sites excluding steroid dienone is 6. The van der Waals surface area contributed by atoms with Crippen LogP contribution in [0.2, 0.25) is 0 Å². The highest BCUT2D eigenvalue weighted by Crippen LogP contribution is 1.91. The second-order valence-corrected chi connectivity index (χ2v) is 3.17. The summed E-state index contributed by atoms with van der Waals surface area (Å²) < 4.78 is 0. The molecule has 1 rings (SSSR count). The molecule has 1 aliphatic rings. The molecule has 0 aromatic heterocycles. The van der Waals surface area contributed by atoms with Crippen molar-refractivity contribution in [1.82, 2.24) is 5.32 Å². The summed E-state index contributed by atoms with van der Waals surface area (Å²) in [6, 6.07) is 0. The van der Waals surface area contributed by atoms with Crippen LogP contribution >= 0.6 is 0 Å². The average molecular weight is 280 g/mol. The third-order valence-electron chi connectivity index (χ3n) is 1.77. The predicted molar refractivity (Wildman–Crippen MR) is 94.7 cm³/mol. The Kier molecular flexibility index (Phi) is 30.4. The summed E-state index contributed by atoms with van der Waals surface area (Å²) in [7, 11) is 1.56. The van der Waals surface area contributed by atoms with E-state index in [1.807, 2.05) is 26.0 Å². The van der Waals surface area contributed by atoms with Gasteiger partial charge in [-0.05, 0) is 26.2 Å². The molecule has 0 fully saturated rings. The molecule has 4 heteroatoms. The SMILES string of the molecule is C1=CC=CCC=C1.C=NC(N)=NC.CC.CCNCC. The lowest BCUT2D eigenvalue weighted by atomic mass is 10.4. The molecule has 0 heterocycles. The molecule has 1 aliphatic carbocycles. The second kappa shape index (κ2) is 26.0. The van der Waals surface area contributed by atoms with E-state index in [-0.39, 0.29) is 5.96 Å². The van der Waals surface area contributed by atoms with Crippen LogP contribution in [0.3, 0.4) is 0 Å². The quantitative estimate of drug-likeness (QED) is 0.602. The molecular formula is C16H32N4. The van der Waals surface area contributed by atoms with Crippen molar-refractivity contribution in [2.75, 3.05) is 20.1 Å². The Morgan fingerprint density at radius 3 is 1.75 bits per heavy atom. The molecule has 20 heavy (non-hydrogen) atoms. The van der Waals surface area contributed by atoms with Crippen molar-refractivity contribution in [3.8, 4) is 0 Å². The van der Waals surface area contributed by atoms with Gasteiger partial charge in [-0.25, -0.2) is 4.99 Å². The molecule has 0 aromatic carbocycles. The van der Waals surface area contributed by atoms with E-state index in [0.29, 0.717) is 0 Å². The minimum Gasteiger partial charge on any atom is -0.368 e. The van der Waals surface area contributed by atoms with Gasteiger partial charge in [-0.2, -0.15) is 0 Å². The molecule has 0 unspecified atom stereocenters. The van der Waals surface area contributed by atoms with Crippen molar-refractivity contribution in [1.29, 1.82) is 0 Å². The lowest BCUT2D eigenvalue weighted by Crippen LogP contribution is -2.09. The number of aliphatic imine (C=N–C) groups is 2. The van der Waals surface area contributed by atoms with E-state index in [1.165, 1.54) is 0 Å². The van der Waals surface area contributed by atoms with Gasteiger partial charge in [-0.1, -0.05) is 64.2 Å². The fourth-order valence-corrected chi connectivity index (χ4v) is 0.842. The Balaban J connectivity index is -0.000000207. The molecule has 0 bridgehead atoms. The van der Waals surface area contributed by atoms with Gasteiger partial charge < -0.3 is 11.1 Å². The second-order valence-electron chi connectivity index (χ2n) is 3.17. The largest absolute Gasteiger partial charge is 0.368 e. The first-order valence-corrected chi connectivity index (χ1v) is 7.10. The molecule has 4 nitrogen and oxygen atoms in total. The first-order valence-electron chi connectivity index (χ1n) is 7.10. The van der Waals surface area contributed by atoms with E-state index < -0.39 is 0 Å². The number of nitrogens with zero attached hydrogens (tertiary/aromatic N) is 2. The molecule has 0 aromatic rings. The normalized spacial score (nSPS) is 11.8. The zero-order chi connectivity index (χ0) is 16.1. The molecule has 0 radical (unpaired) electrons. The summed E-state index contributed by atoms with van der Waals surface area (Å²) in [5.41, 5.74) is 4.99. The molecule has 0 saturated heterocycles. The summed E-state index contributed by atoms with van der Waals surface area (Å²) in [6.07, 6.45) is 13.5. The van der Waals surface area contributed by atoms with E-state index in [1.54, 1.807) is 7.05 Å². The fraction of sp³-hybridized carbons (Fsp3) is 0.500. The van der Waals surface area contributed by atoms with Crippen LogP contribution < -0.4 is 11.1 Å². The summed E-state index contributed by atoms with van der Waals surface area (Å²) in [4.78, 5) is 6.76. The van der Waals surface area contributed by atoms with Crippen molar-refractivity contribution in [3.63, 3.8) is 0 Å². The Bertz CT molecular complexity index is 273. The lowest BCUT2D eigenvalue weighted by Gasteiger charge is -1.86. The third kappa shape index (κ3) is 29.9. The van der Waals surface area contributed by atoms with Gasteiger partial charge in [0.15, 0.2) is 0 Å². The van der Waals surface area contributed by atoms with Gasteiger partial charge in [0.25, 0.3) is 0 Å². The zero-order valence-corrected chi connectivity index (χ0v) is 13.8. The Labute approximate surface area is 125 Å². The molecule has 0 atom stereocenters. The maximum atomic E-state index is 4.99. The summed E-state index contributed by atoms with van der Waals surface area (Å²) >= 11 is 0. The van der Waals surface area contributed by atoms with Crippen molar-refractivity contribution >= 4 is 12.7 Å². The van der Waals surface area contributed by atoms with Crippen LogP contribution in [0, 0.1) is 0 Å². The van der Waals surface area contributed by atoms with Crippen LogP contribution in [0.5, 0.6) is 0 Å². The highest BCUT2D eigenvalue weighted by molar-refractivity contribution is 5.81. The molecule has 0 spiro atoms. The maximum absolute atomic E-state index is 4.99. The fourth-order valence-electron chi connectivity index (χ4n) is 0.842. The van der Waals surface area contributed by atoms with Gasteiger partial charge in [0, 0.05) is 7.05 Å². The smallest absolute Gasteiger partial charge is 0.214 e. The molecular weight excluding hydrogens is 248 g/mol. The average Bonchev–Trinajstić information content (AvgIpc) is 2.83. The van der Waals surface area contributed by atoms with E-state index >= 15 is 0 Å². The van der Waals surface area contributed by atoms with Gasteiger partial charge >= 0.3 is 0 Å². The number of nitrogens with one attached hydrogen (secondary N) is 1. The van der Waals surface area contributed by atoms with Crippen LogP contribution in [0.4, 0.5) is 0 Å². The van der Waals surface area contributed by atoms with Crippen LogP contribution in [0.15, 0.2) is 46.4 Å².